The van der Waals surface area contributed by atoms with E-state index in [0.717, 1.165) is 6.07 Å². The number of halogens is 1. The Labute approximate surface area is 141 Å². The van der Waals surface area contributed by atoms with Gasteiger partial charge in [-0.05, 0) is 38.3 Å². The second kappa shape index (κ2) is 5.90. The van der Waals surface area contributed by atoms with Crippen molar-refractivity contribution in [3.8, 4) is 0 Å². The Balaban J connectivity index is 2.60. The van der Waals surface area contributed by atoms with Gasteiger partial charge in [-0.3, -0.25) is 10.1 Å². The molecule has 128 valence electrons. The van der Waals surface area contributed by atoms with Crippen molar-refractivity contribution in [3.63, 3.8) is 0 Å². The molecular formula is C18H23FN4O. The standard InChI is InChI=1S/C18H23FN4O/c1-17(2,3)10-14(24)21-16-22-15-12(19)8-11(20-7)9-13(15)23(16)18(4,5)6/h8-9H,10H2,1-6H3,(H,21,22,24). The molecule has 0 aliphatic carbocycles. The summed E-state index contributed by atoms with van der Waals surface area (Å²) in [7, 11) is 0. The summed E-state index contributed by atoms with van der Waals surface area (Å²) < 4.78 is 16.1. The van der Waals surface area contributed by atoms with E-state index in [2.05, 4.69) is 15.1 Å². The minimum absolute atomic E-state index is 0.156. The molecule has 0 saturated carbocycles. The molecule has 1 amide bonds. The first kappa shape index (κ1) is 17.9. The van der Waals surface area contributed by atoms with E-state index in [1.807, 2.05) is 41.5 Å². The summed E-state index contributed by atoms with van der Waals surface area (Å²) >= 11 is 0. The molecule has 6 heteroatoms. The molecular weight excluding hydrogens is 307 g/mol. The summed E-state index contributed by atoms with van der Waals surface area (Å²) in [6, 6.07) is 2.76. The number of anilines is 1. The van der Waals surface area contributed by atoms with Gasteiger partial charge < -0.3 is 4.57 Å². The van der Waals surface area contributed by atoms with Crippen molar-refractivity contribution in [1.82, 2.24) is 9.55 Å². The van der Waals surface area contributed by atoms with Crippen LogP contribution < -0.4 is 5.32 Å². The van der Waals surface area contributed by atoms with Gasteiger partial charge in [-0.25, -0.2) is 14.2 Å². The SMILES string of the molecule is [C-]#[N+]c1cc(F)c2nc(NC(=O)CC(C)(C)C)n(C(C)(C)C)c2c1. The first-order valence-electron chi connectivity index (χ1n) is 7.82. The van der Waals surface area contributed by atoms with Gasteiger partial charge in [0.25, 0.3) is 0 Å². The largest absolute Gasteiger partial charge is 0.306 e. The van der Waals surface area contributed by atoms with Crippen LogP contribution in [0.2, 0.25) is 0 Å². The van der Waals surface area contributed by atoms with Crippen LogP contribution in [0.15, 0.2) is 12.1 Å². The number of nitrogens with one attached hydrogen (secondary N) is 1. The highest BCUT2D eigenvalue weighted by atomic mass is 19.1. The highest BCUT2D eigenvalue weighted by molar-refractivity contribution is 5.92. The van der Waals surface area contributed by atoms with Crippen molar-refractivity contribution in [2.45, 2.75) is 53.5 Å². The molecule has 0 aliphatic heterocycles. The van der Waals surface area contributed by atoms with Crippen LogP contribution in [0.5, 0.6) is 0 Å². The van der Waals surface area contributed by atoms with Crippen molar-refractivity contribution in [2.24, 2.45) is 5.41 Å². The lowest BCUT2D eigenvalue weighted by Crippen LogP contribution is -2.27. The van der Waals surface area contributed by atoms with Crippen molar-refractivity contribution in [2.75, 3.05) is 5.32 Å². The fourth-order valence-corrected chi connectivity index (χ4v) is 2.60. The third-order valence-corrected chi connectivity index (χ3v) is 3.44. The molecule has 1 heterocycles. The number of fused-ring (bicyclic) bond motifs is 1. The van der Waals surface area contributed by atoms with Crippen molar-refractivity contribution in [1.29, 1.82) is 0 Å². The molecule has 0 aliphatic rings. The van der Waals surface area contributed by atoms with Gasteiger partial charge in [-0.1, -0.05) is 20.8 Å². The van der Waals surface area contributed by atoms with E-state index < -0.39 is 11.4 Å². The molecule has 2 rings (SSSR count). The Morgan fingerprint density at radius 2 is 1.92 bits per heavy atom. The summed E-state index contributed by atoms with van der Waals surface area (Å²) in [5.74, 6) is -0.435. The fourth-order valence-electron chi connectivity index (χ4n) is 2.60. The summed E-state index contributed by atoms with van der Waals surface area (Å²) in [5.41, 5.74) is 0.262. The maximum absolute atomic E-state index is 14.3. The molecule has 1 aromatic heterocycles. The lowest BCUT2D eigenvalue weighted by atomic mass is 9.92. The van der Waals surface area contributed by atoms with E-state index in [-0.39, 0.29) is 22.5 Å². The number of nitrogens with zero attached hydrogens (tertiary/aromatic N) is 3. The average molecular weight is 330 g/mol. The maximum Gasteiger partial charge on any atom is 0.227 e. The molecule has 5 nitrogen and oxygen atoms in total. The molecule has 0 saturated heterocycles. The van der Waals surface area contributed by atoms with Crippen LogP contribution >= 0.6 is 0 Å². The molecule has 0 bridgehead atoms. The molecule has 0 unspecified atom stereocenters. The summed E-state index contributed by atoms with van der Waals surface area (Å²) in [5, 5.41) is 2.80. The normalized spacial score (nSPS) is 12.2. The Kier molecular flexibility index (Phi) is 4.40. The lowest BCUT2D eigenvalue weighted by Gasteiger charge is -2.25. The van der Waals surface area contributed by atoms with Gasteiger partial charge in [0.2, 0.25) is 11.9 Å². The number of aromatic nitrogens is 2. The third kappa shape index (κ3) is 3.73. The average Bonchev–Trinajstić information content (AvgIpc) is 2.74. The van der Waals surface area contributed by atoms with Gasteiger partial charge in [0.15, 0.2) is 5.69 Å². The molecule has 0 fully saturated rings. The molecule has 1 aromatic carbocycles. The van der Waals surface area contributed by atoms with Gasteiger partial charge in [0, 0.05) is 12.0 Å². The summed E-state index contributed by atoms with van der Waals surface area (Å²) in [6.45, 7) is 18.9. The van der Waals surface area contributed by atoms with Crippen molar-refractivity contribution < 1.29 is 9.18 Å². The minimum atomic E-state index is -0.562. The van der Waals surface area contributed by atoms with Gasteiger partial charge in [-0.2, -0.15) is 0 Å². The minimum Gasteiger partial charge on any atom is -0.306 e. The highest BCUT2D eigenvalue weighted by Crippen LogP contribution is 2.32. The van der Waals surface area contributed by atoms with Crippen LogP contribution in [0.25, 0.3) is 15.9 Å². The first-order chi connectivity index (χ1) is 10.9. The van der Waals surface area contributed by atoms with E-state index in [9.17, 15) is 9.18 Å². The van der Waals surface area contributed by atoms with Crippen LogP contribution in [-0.2, 0) is 10.3 Å². The number of carbonyl (C=O) groups excluding carboxylic acids is 1. The lowest BCUT2D eigenvalue weighted by molar-refractivity contribution is -0.117. The fraction of sp³-hybridized carbons (Fsp3) is 0.500. The van der Waals surface area contributed by atoms with Crippen LogP contribution in [0.4, 0.5) is 16.0 Å². The van der Waals surface area contributed by atoms with E-state index >= 15 is 0 Å². The van der Waals surface area contributed by atoms with Gasteiger partial charge in [-0.15, -0.1) is 0 Å². The Morgan fingerprint density at radius 3 is 2.42 bits per heavy atom. The number of hydrogen-bond acceptors (Lipinski definition) is 2. The van der Waals surface area contributed by atoms with E-state index in [0.29, 0.717) is 17.9 Å². The zero-order chi connectivity index (χ0) is 18.3. The van der Waals surface area contributed by atoms with Gasteiger partial charge >= 0.3 is 0 Å². The second-order valence-electron chi connectivity index (χ2n) is 8.13. The van der Waals surface area contributed by atoms with E-state index in [1.165, 1.54) is 0 Å². The predicted octanol–water partition coefficient (Wildman–Crippen LogP) is 4.86. The van der Waals surface area contributed by atoms with Crippen LogP contribution in [0, 0.1) is 17.8 Å². The Hall–Kier alpha value is -2.42. The zero-order valence-electron chi connectivity index (χ0n) is 15.0. The Morgan fingerprint density at radius 1 is 1.29 bits per heavy atom. The predicted molar refractivity (Wildman–Crippen MR) is 93.7 cm³/mol. The van der Waals surface area contributed by atoms with Crippen molar-refractivity contribution >= 4 is 28.6 Å². The quantitative estimate of drug-likeness (QED) is 0.800. The number of amides is 1. The Bertz CT molecular complexity index is 832. The van der Waals surface area contributed by atoms with E-state index in [1.54, 1.807) is 10.6 Å². The monoisotopic (exact) mass is 330 g/mol. The topological polar surface area (TPSA) is 51.3 Å². The number of hydrogen-bond donors (Lipinski definition) is 1. The number of carbonyl (C=O) groups is 1. The molecule has 0 radical (unpaired) electrons. The molecule has 2 aromatic rings. The molecule has 24 heavy (non-hydrogen) atoms. The maximum atomic E-state index is 14.3. The van der Waals surface area contributed by atoms with Crippen LogP contribution in [0.1, 0.15) is 48.0 Å². The van der Waals surface area contributed by atoms with E-state index in [4.69, 9.17) is 6.57 Å². The molecule has 0 spiro atoms. The van der Waals surface area contributed by atoms with Gasteiger partial charge in [0.05, 0.1) is 12.1 Å². The number of imidazole rings is 1. The number of benzene rings is 1. The summed E-state index contributed by atoms with van der Waals surface area (Å²) in [6.07, 6.45) is 0.329. The molecule has 1 N–H and O–H groups in total. The second-order valence-corrected chi connectivity index (χ2v) is 8.13. The summed E-state index contributed by atoms with van der Waals surface area (Å²) in [4.78, 5) is 19.9. The van der Waals surface area contributed by atoms with Crippen LogP contribution in [0.3, 0.4) is 0 Å². The zero-order valence-corrected chi connectivity index (χ0v) is 15.0. The first-order valence-corrected chi connectivity index (χ1v) is 7.82. The van der Waals surface area contributed by atoms with Crippen LogP contribution in [-0.4, -0.2) is 15.5 Å². The number of rotatable bonds is 2. The molecule has 0 atom stereocenters. The smallest absolute Gasteiger partial charge is 0.227 e. The van der Waals surface area contributed by atoms with Crippen molar-refractivity contribution in [3.05, 3.63) is 29.4 Å². The third-order valence-electron chi connectivity index (χ3n) is 3.44. The van der Waals surface area contributed by atoms with Gasteiger partial charge in [0.1, 0.15) is 11.3 Å². The highest BCUT2D eigenvalue weighted by Gasteiger charge is 2.25.